The summed E-state index contributed by atoms with van der Waals surface area (Å²) in [5.74, 6) is 7.09. The number of hydrogen-bond donors (Lipinski definition) is 0. The second-order valence-electron chi connectivity index (χ2n) is 6.42. The van der Waals surface area contributed by atoms with Gasteiger partial charge in [0.1, 0.15) is 12.0 Å². The molecule has 2 aromatic carbocycles. The summed E-state index contributed by atoms with van der Waals surface area (Å²) < 4.78 is 1.80. The van der Waals surface area contributed by atoms with Gasteiger partial charge >= 0.3 is 0 Å². The lowest BCUT2D eigenvalue weighted by molar-refractivity contribution is 0.886. The summed E-state index contributed by atoms with van der Waals surface area (Å²) in [6.07, 6.45) is 5.04. The van der Waals surface area contributed by atoms with E-state index in [1.165, 1.54) is 0 Å². The Kier molecular flexibility index (Phi) is 4.28. The van der Waals surface area contributed by atoms with E-state index in [4.69, 9.17) is 0 Å². The van der Waals surface area contributed by atoms with E-state index >= 15 is 0 Å². The lowest BCUT2D eigenvalue weighted by Crippen LogP contribution is -1.99. The van der Waals surface area contributed by atoms with Gasteiger partial charge in [-0.15, -0.1) is 0 Å². The summed E-state index contributed by atoms with van der Waals surface area (Å²) in [6.45, 7) is 0. The van der Waals surface area contributed by atoms with Crippen molar-refractivity contribution in [2.45, 2.75) is 0 Å². The zero-order chi connectivity index (χ0) is 19.5. The fourth-order valence-corrected chi connectivity index (χ4v) is 3.09. The predicted octanol–water partition coefficient (Wildman–Crippen LogP) is 4.28. The molecule has 0 amide bonds. The Balaban J connectivity index is 1.42. The lowest BCUT2D eigenvalue weighted by atomic mass is 10.2. The standard InChI is InChI=1S/C24H15N5/c1-2-4-23-19(3-1)8-10-21(28-23)9-5-18-6-11-22(12-7-18)29-24(26-17-27-29)20-13-15-25-16-14-20/h1-4,6-8,10-17H. The maximum absolute atomic E-state index is 4.59. The molecule has 0 saturated heterocycles. The van der Waals surface area contributed by atoms with Crippen LogP contribution in [0.25, 0.3) is 28.0 Å². The molecule has 5 aromatic rings. The van der Waals surface area contributed by atoms with Gasteiger partial charge in [-0.2, -0.15) is 5.10 Å². The van der Waals surface area contributed by atoms with Crippen LogP contribution in [-0.2, 0) is 0 Å². The number of pyridine rings is 2. The van der Waals surface area contributed by atoms with Crippen LogP contribution in [0.5, 0.6) is 0 Å². The highest BCUT2D eigenvalue weighted by Crippen LogP contribution is 2.19. The Morgan fingerprint density at radius 2 is 1.59 bits per heavy atom. The van der Waals surface area contributed by atoms with Crippen molar-refractivity contribution in [3.05, 3.63) is 103 Å². The molecule has 0 bridgehead atoms. The van der Waals surface area contributed by atoms with Crippen molar-refractivity contribution in [2.24, 2.45) is 0 Å². The predicted molar refractivity (Wildman–Crippen MR) is 112 cm³/mol. The summed E-state index contributed by atoms with van der Waals surface area (Å²) in [5.41, 5.74) is 4.50. The third-order valence-corrected chi connectivity index (χ3v) is 4.53. The summed E-state index contributed by atoms with van der Waals surface area (Å²) >= 11 is 0. The minimum Gasteiger partial charge on any atom is -0.265 e. The molecule has 5 nitrogen and oxygen atoms in total. The van der Waals surface area contributed by atoms with E-state index in [9.17, 15) is 0 Å². The number of benzene rings is 2. The van der Waals surface area contributed by atoms with Gasteiger partial charge in [0.25, 0.3) is 0 Å². The van der Waals surface area contributed by atoms with Gasteiger partial charge in [-0.3, -0.25) is 4.98 Å². The van der Waals surface area contributed by atoms with Crippen molar-refractivity contribution < 1.29 is 0 Å². The fourth-order valence-electron chi connectivity index (χ4n) is 3.09. The highest BCUT2D eigenvalue weighted by atomic mass is 15.3. The van der Waals surface area contributed by atoms with Crippen molar-refractivity contribution in [1.29, 1.82) is 0 Å². The summed E-state index contributed by atoms with van der Waals surface area (Å²) in [5, 5.41) is 5.47. The summed E-state index contributed by atoms with van der Waals surface area (Å²) in [6, 6.07) is 23.8. The largest absolute Gasteiger partial charge is 0.265 e. The molecule has 136 valence electrons. The highest BCUT2D eigenvalue weighted by Gasteiger charge is 2.08. The molecule has 0 aliphatic heterocycles. The van der Waals surface area contributed by atoms with Gasteiger partial charge in [-0.25, -0.2) is 14.6 Å². The zero-order valence-corrected chi connectivity index (χ0v) is 15.4. The molecule has 3 aromatic heterocycles. The molecule has 5 rings (SSSR count). The number of rotatable bonds is 2. The molecule has 0 spiro atoms. The van der Waals surface area contributed by atoms with Gasteiger partial charge in [0.2, 0.25) is 0 Å². The van der Waals surface area contributed by atoms with Crippen LogP contribution in [0.2, 0.25) is 0 Å². The molecule has 0 N–H and O–H groups in total. The van der Waals surface area contributed by atoms with E-state index in [2.05, 4.69) is 31.9 Å². The third kappa shape index (κ3) is 3.47. The van der Waals surface area contributed by atoms with Crippen LogP contribution in [-0.4, -0.2) is 24.7 Å². The van der Waals surface area contributed by atoms with Crippen LogP contribution < -0.4 is 0 Å². The van der Waals surface area contributed by atoms with Crippen molar-refractivity contribution in [1.82, 2.24) is 24.7 Å². The Morgan fingerprint density at radius 3 is 2.45 bits per heavy atom. The highest BCUT2D eigenvalue weighted by molar-refractivity contribution is 5.78. The van der Waals surface area contributed by atoms with Crippen molar-refractivity contribution in [3.8, 4) is 28.9 Å². The Hall–Kier alpha value is -4.30. The zero-order valence-electron chi connectivity index (χ0n) is 15.4. The monoisotopic (exact) mass is 373 g/mol. The Labute approximate surface area is 167 Å². The molecule has 0 radical (unpaired) electrons. The number of fused-ring (bicyclic) bond motifs is 1. The molecule has 0 fully saturated rings. The van der Waals surface area contributed by atoms with Crippen molar-refractivity contribution in [3.63, 3.8) is 0 Å². The van der Waals surface area contributed by atoms with Gasteiger partial charge in [0, 0.05) is 28.9 Å². The molecule has 0 saturated carbocycles. The van der Waals surface area contributed by atoms with Gasteiger partial charge < -0.3 is 0 Å². The van der Waals surface area contributed by atoms with Gasteiger partial charge in [-0.05, 0) is 54.5 Å². The lowest BCUT2D eigenvalue weighted by Gasteiger charge is -2.06. The number of hydrogen-bond acceptors (Lipinski definition) is 4. The van der Waals surface area contributed by atoms with Crippen LogP contribution >= 0.6 is 0 Å². The minimum absolute atomic E-state index is 0.754. The molecular formula is C24H15N5. The number of nitrogens with zero attached hydrogens (tertiary/aromatic N) is 5. The number of para-hydroxylation sites is 1. The van der Waals surface area contributed by atoms with Crippen LogP contribution in [0, 0.1) is 11.8 Å². The van der Waals surface area contributed by atoms with Crippen LogP contribution in [0.1, 0.15) is 11.3 Å². The third-order valence-electron chi connectivity index (χ3n) is 4.53. The summed E-state index contributed by atoms with van der Waals surface area (Å²) in [7, 11) is 0. The molecule has 0 atom stereocenters. The SMILES string of the molecule is C(#Cc1ccc2ccccc2n1)c1ccc(-n2ncnc2-c2ccncc2)cc1. The van der Waals surface area contributed by atoms with Crippen molar-refractivity contribution in [2.75, 3.05) is 0 Å². The molecule has 0 unspecified atom stereocenters. The van der Waals surface area contributed by atoms with E-state index < -0.39 is 0 Å². The molecule has 3 heterocycles. The van der Waals surface area contributed by atoms with Crippen LogP contribution in [0.15, 0.2) is 91.5 Å². The average Bonchev–Trinajstić information content (AvgIpc) is 3.28. The Bertz CT molecular complexity index is 1340. The average molecular weight is 373 g/mol. The van der Waals surface area contributed by atoms with Gasteiger partial charge in [0.15, 0.2) is 5.82 Å². The first kappa shape index (κ1) is 16.8. The molecule has 0 aliphatic rings. The first-order valence-corrected chi connectivity index (χ1v) is 9.15. The maximum Gasteiger partial charge on any atom is 0.163 e. The van der Waals surface area contributed by atoms with E-state index in [1.54, 1.807) is 23.4 Å². The van der Waals surface area contributed by atoms with E-state index in [1.807, 2.05) is 72.8 Å². The quantitative estimate of drug-likeness (QED) is 0.434. The second kappa shape index (κ2) is 7.37. The molecular weight excluding hydrogens is 358 g/mol. The molecule has 0 aliphatic carbocycles. The molecule has 29 heavy (non-hydrogen) atoms. The normalized spacial score (nSPS) is 10.5. The fraction of sp³-hybridized carbons (Fsp3) is 0. The first-order chi connectivity index (χ1) is 14.4. The first-order valence-electron chi connectivity index (χ1n) is 9.15. The van der Waals surface area contributed by atoms with E-state index in [-0.39, 0.29) is 0 Å². The van der Waals surface area contributed by atoms with Crippen LogP contribution in [0.3, 0.4) is 0 Å². The van der Waals surface area contributed by atoms with E-state index in [0.717, 1.165) is 39.2 Å². The van der Waals surface area contributed by atoms with Gasteiger partial charge in [-0.1, -0.05) is 30.2 Å². The molecule has 5 heteroatoms. The smallest absolute Gasteiger partial charge is 0.163 e. The maximum atomic E-state index is 4.59. The second-order valence-corrected chi connectivity index (χ2v) is 6.42. The topological polar surface area (TPSA) is 56.5 Å². The van der Waals surface area contributed by atoms with E-state index in [0.29, 0.717) is 0 Å². The van der Waals surface area contributed by atoms with Crippen LogP contribution in [0.4, 0.5) is 0 Å². The van der Waals surface area contributed by atoms with Crippen molar-refractivity contribution >= 4 is 10.9 Å². The number of aromatic nitrogens is 5. The Morgan fingerprint density at radius 1 is 0.759 bits per heavy atom. The summed E-state index contributed by atoms with van der Waals surface area (Å²) in [4.78, 5) is 13.0. The van der Waals surface area contributed by atoms with Gasteiger partial charge in [0.05, 0.1) is 11.2 Å². The minimum atomic E-state index is 0.754.